The molecular formula is C11H22N2. The van der Waals surface area contributed by atoms with Crippen molar-refractivity contribution >= 4 is 0 Å². The number of rotatable bonds is 2. The molecule has 0 radical (unpaired) electrons. The molecule has 0 aromatic rings. The second-order valence-corrected chi connectivity index (χ2v) is 4.74. The van der Waals surface area contributed by atoms with Crippen molar-refractivity contribution in [3.63, 3.8) is 0 Å². The van der Waals surface area contributed by atoms with Crippen LogP contribution >= 0.6 is 0 Å². The van der Waals surface area contributed by atoms with Crippen LogP contribution in [0.4, 0.5) is 0 Å². The Bertz CT molecular complexity index is 175. The van der Waals surface area contributed by atoms with Gasteiger partial charge in [-0.05, 0) is 26.3 Å². The van der Waals surface area contributed by atoms with Crippen LogP contribution in [-0.2, 0) is 0 Å². The van der Waals surface area contributed by atoms with E-state index < -0.39 is 0 Å². The summed E-state index contributed by atoms with van der Waals surface area (Å²) in [6.45, 7) is 15.1. The molecule has 0 spiro atoms. The number of hydrogen-bond donors (Lipinski definition) is 1. The topological polar surface area (TPSA) is 15.3 Å². The Morgan fingerprint density at radius 1 is 1.62 bits per heavy atom. The van der Waals surface area contributed by atoms with Crippen molar-refractivity contribution in [2.45, 2.75) is 26.3 Å². The molecule has 1 aliphatic rings. The quantitative estimate of drug-likeness (QED) is 0.651. The van der Waals surface area contributed by atoms with Gasteiger partial charge < -0.3 is 5.32 Å². The SMILES string of the molecule is C=CCN1CC(C)CNCC1(C)C. The fraction of sp³-hybridized carbons (Fsp3) is 0.818. The van der Waals surface area contributed by atoms with Crippen LogP contribution in [0.5, 0.6) is 0 Å². The Kier molecular flexibility index (Phi) is 3.51. The van der Waals surface area contributed by atoms with E-state index in [-0.39, 0.29) is 5.54 Å². The summed E-state index contributed by atoms with van der Waals surface area (Å²) in [5.41, 5.74) is 0.263. The number of hydrogen-bond acceptors (Lipinski definition) is 2. The normalized spacial score (nSPS) is 29.6. The van der Waals surface area contributed by atoms with Gasteiger partial charge in [-0.1, -0.05) is 13.0 Å². The highest BCUT2D eigenvalue weighted by molar-refractivity contribution is 4.91. The fourth-order valence-corrected chi connectivity index (χ4v) is 1.90. The zero-order valence-electron chi connectivity index (χ0n) is 9.14. The molecule has 0 amide bonds. The van der Waals surface area contributed by atoms with Crippen molar-refractivity contribution in [1.29, 1.82) is 0 Å². The average molecular weight is 182 g/mol. The Labute approximate surface area is 82.0 Å². The summed E-state index contributed by atoms with van der Waals surface area (Å²) in [7, 11) is 0. The maximum absolute atomic E-state index is 3.81. The van der Waals surface area contributed by atoms with E-state index in [1.807, 2.05) is 6.08 Å². The van der Waals surface area contributed by atoms with Gasteiger partial charge in [0.1, 0.15) is 0 Å². The Hall–Kier alpha value is -0.340. The summed E-state index contributed by atoms with van der Waals surface area (Å²) >= 11 is 0. The summed E-state index contributed by atoms with van der Waals surface area (Å²) in [4.78, 5) is 2.50. The highest BCUT2D eigenvalue weighted by Crippen LogP contribution is 2.18. The maximum atomic E-state index is 3.81. The minimum Gasteiger partial charge on any atom is -0.315 e. The standard InChI is InChI=1S/C11H22N2/c1-5-6-13-8-10(2)7-12-9-11(13,3)4/h5,10,12H,1,6-9H2,2-4H3. The lowest BCUT2D eigenvalue weighted by molar-refractivity contribution is 0.139. The van der Waals surface area contributed by atoms with Crippen LogP contribution in [-0.4, -0.2) is 36.6 Å². The van der Waals surface area contributed by atoms with Crippen molar-refractivity contribution in [1.82, 2.24) is 10.2 Å². The van der Waals surface area contributed by atoms with Crippen LogP contribution in [0.2, 0.25) is 0 Å². The van der Waals surface area contributed by atoms with E-state index in [1.54, 1.807) is 0 Å². The van der Waals surface area contributed by atoms with Crippen molar-refractivity contribution in [3.8, 4) is 0 Å². The predicted molar refractivity (Wildman–Crippen MR) is 57.9 cm³/mol. The summed E-state index contributed by atoms with van der Waals surface area (Å²) in [5, 5.41) is 3.50. The predicted octanol–water partition coefficient (Wildman–Crippen LogP) is 1.49. The van der Waals surface area contributed by atoms with Gasteiger partial charge in [0.25, 0.3) is 0 Å². The molecule has 0 aliphatic carbocycles. The molecule has 0 aromatic heterocycles. The van der Waals surface area contributed by atoms with Gasteiger partial charge in [-0.2, -0.15) is 0 Å². The van der Waals surface area contributed by atoms with E-state index in [2.05, 4.69) is 37.6 Å². The van der Waals surface area contributed by atoms with Gasteiger partial charge in [0.05, 0.1) is 0 Å². The molecule has 0 saturated carbocycles. The second kappa shape index (κ2) is 4.25. The molecule has 0 bridgehead atoms. The fourth-order valence-electron chi connectivity index (χ4n) is 1.90. The lowest BCUT2D eigenvalue weighted by Crippen LogP contribution is -2.48. The van der Waals surface area contributed by atoms with Crippen molar-refractivity contribution < 1.29 is 0 Å². The first-order chi connectivity index (χ1) is 6.06. The summed E-state index contributed by atoms with van der Waals surface area (Å²) < 4.78 is 0. The van der Waals surface area contributed by atoms with Crippen LogP contribution in [0.25, 0.3) is 0 Å². The number of nitrogens with one attached hydrogen (secondary N) is 1. The molecule has 1 rings (SSSR count). The van der Waals surface area contributed by atoms with Gasteiger partial charge in [0, 0.05) is 25.2 Å². The summed E-state index contributed by atoms with van der Waals surface area (Å²) in [6, 6.07) is 0. The molecule has 2 heteroatoms. The highest BCUT2D eigenvalue weighted by atomic mass is 15.2. The Morgan fingerprint density at radius 2 is 2.31 bits per heavy atom. The molecule has 1 heterocycles. The minimum atomic E-state index is 0.263. The first-order valence-electron chi connectivity index (χ1n) is 5.13. The van der Waals surface area contributed by atoms with Crippen LogP contribution in [0.15, 0.2) is 12.7 Å². The first-order valence-corrected chi connectivity index (χ1v) is 5.13. The largest absolute Gasteiger partial charge is 0.315 e. The molecule has 1 unspecified atom stereocenters. The van der Waals surface area contributed by atoms with E-state index in [4.69, 9.17) is 0 Å². The molecule has 1 atom stereocenters. The van der Waals surface area contributed by atoms with Crippen molar-refractivity contribution in [3.05, 3.63) is 12.7 Å². The molecule has 1 fully saturated rings. The van der Waals surface area contributed by atoms with Crippen LogP contribution in [0.3, 0.4) is 0 Å². The number of nitrogens with zero attached hydrogens (tertiary/aromatic N) is 1. The third-order valence-electron chi connectivity index (χ3n) is 2.79. The molecule has 1 saturated heterocycles. The Balaban J connectivity index is 2.66. The molecule has 2 nitrogen and oxygen atoms in total. The van der Waals surface area contributed by atoms with Crippen LogP contribution < -0.4 is 5.32 Å². The van der Waals surface area contributed by atoms with E-state index >= 15 is 0 Å². The van der Waals surface area contributed by atoms with Crippen molar-refractivity contribution in [2.75, 3.05) is 26.2 Å². The van der Waals surface area contributed by atoms with Gasteiger partial charge in [0.2, 0.25) is 0 Å². The van der Waals surface area contributed by atoms with Gasteiger partial charge in [-0.3, -0.25) is 4.90 Å². The van der Waals surface area contributed by atoms with Gasteiger partial charge in [0.15, 0.2) is 0 Å². The monoisotopic (exact) mass is 182 g/mol. The second-order valence-electron chi connectivity index (χ2n) is 4.74. The first kappa shape index (κ1) is 10.7. The summed E-state index contributed by atoms with van der Waals surface area (Å²) in [5.74, 6) is 0.738. The minimum absolute atomic E-state index is 0.263. The van der Waals surface area contributed by atoms with Gasteiger partial charge >= 0.3 is 0 Å². The van der Waals surface area contributed by atoms with E-state index in [9.17, 15) is 0 Å². The third-order valence-corrected chi connectivity index (χ3v) is 2.79. The zero-order chi connectivity index (χ0) is 9.90. The average Bonchev–Trinajstić information content (AvgIpc) is 2.13. The van der Waals surface area contributed by atoms with Crippen LogP contribution in [0.1, 0.15) is 20.8 Å². The smallest absolute Gasteiger partial charge is 0.0281 e. The highest BCUT2D eigenvalue weighted by Gasteiger charge is 2.29. The maximum Gasteiger partial charge on any atom is 0.0281 e. The summed E-state index contributed by atoms with van der Waals surface area (Å²) in [6.07, 6.45) is 2.00. The van der Waals surface area contributed by atoms with E-state index in [1.165, 1.54) is 6.54 Å². The van der Waals surface area contributed by atoms with E-state index in [0.29, 0.717) is 0 Å². The van der Waals surface area contributed by atoms with E-state index in [0.717, 1.165) is 25.6 Å². The van der Waals surface area contributed by atoms with Gasteiger partial charge in [-0.25, -0.2) is 0 Å². The molecule has 76 valence electrons. The third kappa shape index (κ3) is 2.82. The molecular weight excluding hydrogens is 160 g/mol. The molecule has 1 N–H and O–H groups in total. The van der Waals surface area contributed by atoms with Gasteiger partial charge in [-0.15, -0.1) is 6.58 Å². The molecule has 1 aliphatic heterocycles. The van der Waals surface area contributed by atoms with Crippen LogP contribution in [0, 0.1) is 5.92 Å². The molecule has 13 heavy (non-hydrogen) atoms. The lowest BCUT2D eigenvalue weighted by Gasteiger charge is -2.36. The Morgan fingerprint density at radius 3 is 2.92 bits per heavy atom. The molecule has 0 aromatic carbocycles. The van der Waals surface area contributed by atoms with Crippen molar-refractivity contribution in [2.24, 2.45) is 5.92 Å². The zero-order valence-corrected chi connectivity index (χ0v) is 9.14. The lowest BCUT2D eigenvalue weighted by atomic mass is 10.0.